The van der Waals surface area contributed by atoms with E-state index >= 15 is 0 Å². The van der Waals surface area contributed by atoms with Gasteiger partial charge in [-0.05, 0) is 17.7 Å². The summed E-state index contributed by atoms with van der Waals surface area (Å²) in [5.41, 5.74) is 1.11. The summed E-state index contributed by atoms with van der Waals surface area (Å²) in [6.07, 6.45) is 1.56. The van der Waals surface area contributed by atoms with Gasteiger partial charge in [-0.25, -0.2) is 0 Å². The van der Waals surface area contributed by atoms with Crippen molar-refractivity contribution in [2.24, 2.45) is 5.92 Å². The maximum absolute atomic E-state index is 12.3. The number of ketones is 1. The third kappa shape index (κ3) is 5.24. The van der Waals surface area contributed by atoms with Gasteiger partial charge in [-0.15, -0.1) is 0 Å². The number of nitrogens with one attached hydrogen (secondary N) is 1. The summed E-state index contributed by atoms with van der Waals surface area (Å²) >= 11 is 0. The molecule has 0 aliphatic carbocycles. The number of amides is 1. The monoisotopic (exact) mass is 304 g/mol. The van der Waals surface area contributed by atoms with Crippen molar-refractivity contribution in [1.82, 2.24) is 10.2 Å². The van der Waals surface area contributed by atoms with Crippen LogP contribution in [0.15, 0.2) is 36.0 Å². The minimum atomic E-state index is -0.358. The highest BCUT2D eigenvalue weighted by molar-refractivity contribution is 6.19. The highest BCUT2D eigenvalue weighted by Gasteiger charge is 2.21. The first kappa shape index (κ1) is 17.8. The van der Waals surface area contributed by atoms with Gasteiger partial charge in [0, 0.05) is 32.8 Å². The number of hydrogen-bond acceptors (Lipinski definition) is 4. The van der Waals surface area contributed by atoms with Crippen LogP contribution in [-0.4, -0.2) is 37.8 Å². The molecule has 0 bridgehead atoms. The third-order valence-electron chi connectivity index (χ3n) is 3.03. The van der Waals surface area contributed by atoms with Gasteiger partial charge in [0.15, 0.2) is 5.78 Å². The van der Waals surface area contributed by atoms with Gasteiger partial charge in [0.1, 0.15) is 5.75 Å². The van der Waals surface area contributed by atoms with Gasteiger partial charge >= 0.3 is 0 Å². The van der Waals surface area contributed by atoms with Gasteiger partial charge in [0.25, 0.3) is 5.91 Å². The molecule has 120 valence electrons. The van der Waals surface area contributed by atoms with E-state index in [0.717, 1.165) is 11.3 Å². The van der Waals surface area contributed by atoms with E-state index in [9.17, 15) is 9.59 Å². The molecule has 0 aromatic heterocycles. The van der Waals surface area contributed by atoms with Crippen LogP contribution in [0.2, 0.25) is 0 Å². The minimum absolute atomic E-state index is 0.166. The lowest BCUT2D eigenvalue weighted by Crippen LogP contribution is -2.31. The Bertz CT molecular complexity index is 546. The second kappa shape index (κ2) is 8.22. The lowest BCUT2D eigenvalue weighted by molar-refractivity contribution is -0.124. The number of nitrogens with zero attached hydrogens (tertiary/aromatic N) is 1. The quantitative estimate of drug-likeness (QED) is 0.475. The topological polar surface area (TPSA) is 58.6 Å². The maximum atomic E-state index is 12.3. The van der Waals surface area contributed by atoms with Crippen molar-refractivity contribution in [3.05, 3.63) is 41.6 Å². The average Bonchev–Trinajstić information content (AvgIpc) is 2.49. The first-order chi connectivity index (χ1) is 10.3. The number of benzene rings is 1. The van der Waals surface area contributed by atoms with Crippen LogP contribution in [0.3, 0.4) is 0 Å². The number of methoxy groups -OCH3 is 1. The minimum Gasteiger partial charge on any atom is -0.497 e. The third-order valence-corrected chi connectivity index (χ3v) is 3.03. The summed E-state index contributed by atoms with van der Waals surface area (Å²) in [4.78, 5) is 26.1. The van der Waals surface area contributed by atoms with E-state index in [1.165, 1.54) is 0 Å². The molecule has 0 aliphatic rings. The molecular formula is C17H24N2O3. The second-order valence-corrected chi connectivity index (χ2v) is 5.56. The van der Waals surface area contributed by atoms with Crippen molar-refractivity contribution in [3.8, 4) is 5.75 Å². The van der Waals surface area contributed by atoms with Gasteiger partial charge in [-0.3, -0.25) is 9.59 Å². The summed E-state index contributed by atoms with van der Waals surface area (Å²) in [6.45, 7) is 3.92. The Morgan fingerprint density at radius 1 is 1.23 bits per heavy atom. The van der Waals surface area contributed by atoms with Crippen LogP contribution < -0.4 is 10.1 Å². The molecular weight excluding hydrogens is 280 g/mol. The number of carbonyl (C=O) groups is 2. The zero-order chi connectivity index (χ0) is 16.7. The normalized spacial score (nSPS) is 11.3. The fourth-order valence-corrected chi connectivity index (χ4v) is 1.82. The molecule has 1 rings (SSSR count). The van der Waals surface area contributed by atoms with Crippen LogP contribution in [0.5, 0.6) is 5.75 Å². The van der Waals surface area contributed by atoms with E-state index in [4.69, 9.17) is 4.74 Å². The van der Waals surface area contributed by atoms with Gasteiger partial charge in [-0.2, -0.15) is 0 Å². The van der Waals surface area contributed by atoms with E-state index in [1.807, 2.05) is 24.3 Å². The van der Waals surface area contributed by atoms with Crippen LogP contribution >= 0.6 is 0 Å². The Morgan fingerprint density at radius 2 is 1.82 bits per heavy atom. The van der Waals surface area contributed by atoms with Crippen molar-refractivity contribution in [1.29, 1.82) is 0 Å². The maximum Gasteiger partial charge on any atom is 0.256 e. The van der Waals surface area contributed by atoms with Crippen LogP contribution in [0.4, 0.5) is 0 Å². The number of hydrogen-bond donors (Lipinski definition) is 1. The first-order valence-corrected chi connectivity index (χ1v) is 7.18. The largest absolute Gasteiger partial charge is 0.497 e. The number of Topliss-reactive ketones (excluding diaryl/α,β-unsaturated/α-hetero) is 1. The Morgan fingerprint density at radius 3 is 2.27 bits per heavy atom. The smallest absolute Gasteiger partial charge is 0.256 e. The van der Waals surface area contributed by atoms with Crippen molar-refractivity contribution in [2.75, 3.05) is 21.2 Å². The zero-order valence-corrected chi connectivity index (χ0v) is 13.8. The van der Waals surface area contributed by atoms with E-state index < -0.39 is 0 Å². The highest BCUT2D eigenvalue weighted by Crippen LogP contribution is 2.12. The number of carbonyl (C=O) groups excluding carboxylic acids is 2. The van der Waals surface area contributed by atoms with Gasteiger partial charge in [-0.1, -0.05) is 26.0 Å². The predicted octanol–water partition coefficient (Wildman–Crippen LogP) is 1.98. The summed E-state index contributed by atoms with van der Waals surface area (Å²) in [5, 5.41) is 2.78. The summed E-state index contributed by atoms with van der Waals surface area (Å²) in [7, 11) is 5.17. The summed E-state index contributed by atoms with van der Waals surface area (Å²) in [5.74, 6) is 0.0142. The summed E-state index contributed by atoms with van der Waals surface area (Å²) < 4.78 is 5.09. The molecule has 0 aliphatic heterocycles. The van der Waals surface area contributed by atoms with Crippen LogP contribution in [-0.2, 0) is 16.1 Å². The second-order valence-electron chi connectivity index (χ2n) is 5.56. The van der Waals surface area contributed by atoms with Crippen molar-refractivity contribution < 1.29 is 14.3 Å². The zero-order valence-electron chi connectivity index (χ0n) is 13.8. The van der Waals surface area contributed by atoms with Crippen molar-refractivity contribution >= 4 is 11.7 Å². The van der Waals surface area contributed by atoms with Gasteiger partial charge < -0.3 is 15.0 Å². The van der Waals surface area contributed by atoms with Gasteiger partial charge in [0.2, 0.25) is 0 Å². The Kier molecular flexibility index (Phi) is 6.63. The van der Waals surface area contributed by atoms with E-state index in [2.05, 4.69) is 5.32 Å². The first-order valence-electron chi connectivity index (χ1n) is 7.18. The van der Waals surface area contributed by atoms with Crippen LogP contribution in [0.1, 0.15) is 19.4 Å². The van der Waals surface area contributed by atoms with E-state index in [0.29, 0.717) is 6.54 Å². The van der Waals surface area contributed by atoms with E-state index in [-0.39, 0.29) is 23.2 Å². The molecule has 0 saturated carbocycles. The molecule has 0 atom stereocenters. The number of rotatable bonds is 7. The van der Waals surface area contributed by atoms with Crippen molar-refractivity contribution in [2.45, 2.75) is 20.4 Å². The standard InChI is InChI=1S/C17H24N2O3/c1-12(2)16(20)15(11-19(3)4)17(21)18-10-13-6-8-14(22-5)9-7-13/h6-9,11-12H,10H2,1-5H3,(H,18,21)/b15-11-. The molecule has 22 heavy (non-hydrogen) atoms. The lowest BCUT2D eigenvalue weighted by Gasteiger charge is -2.13. The lowest BCUT2D eigenvalue weighted by atomic mass is 10.0. The van der Waals surface area contributed by atoms with Crippen molar-refractivity contribution in [3.63, 3.8) is 0 Å². The molecule has 0 heterocycles. The Labute approximate surface area is 132 Å². The van der Waals surface area contributed by atoms with Crippen LogP contribution in [0.25, 0.3) is 0 Å². The Balaban J connectivity index is 2.76. The molecule has 1 N–H and O–H groups in total. The molecule has 0 fully saturated rings. The van der Waals surface area contributed by atoms with Crippen LogP contribution in [0, 0.1) is 5.92 Å². The molecule has 0 unspecified atom stereocenters. The molecule has 0 spiro atoms. The molecule has 5 nitrogen and oxygen atoms in total. The van der Waals surface area contributed by atoms with Gasteiger partial charge in [0.05, 0.1) is 12.7 Å². The average molecular weight is 304 g/mol. The van der Waals surface area contributed by atoms with E-state index in [1.54, 1.807) is 46.2 Å². The Hall–Kier alpha value is -2.30. The highest BCUT2D eigenvalue weighted by atomic mass is 16.5. The molecule has 1 amide bonds. The molecule has 5 heteroatoms. The molecule has 0 radical (unpaired) electrons. The fourth-order valence-electron chi connectivity index (χ4n) is 1.82. The summed E-state index contributed by atoms with van der Waals surface area (Å²) in [6, 6.07) is 7.41. The molecule has 0 saturated heterocycles. The SMILES string of the molecule is COc1ccc(CNC(=O)/C(=C\N(C)C)C(=O)C(C)C)cc1. The fraction of sp³-hybridized carbons (Fsp3) is 0.412. The molecule has 1 aromatic carbocycles. The molecule has 1 aromatic rings. The number of ether oxygens (including phenoxy) is 1. The predicted molar refractivity (Wildman–Crippen MR) is 86.5 cm³/mol.